The van der Waals surface area contributed by atoms with Crippen LogP contribution in [0.15, 0.2) is 0 Å². The van der Waals surface area contributed by atoms with Gasteiger partial charge in [-0.15, -0.1) is 0 Å². The van der Waals surface area contributed by atoms with Gasteiger partial charge in [0.15, 0.2) is 0 Å². The summed E-state index contributed by atoms with van der Waals surface area (Å²) in [7, 11) is 0. The molecule has 1 N–H and O–H groups in total. The van der Waals surface area contributed by atoms with E-state index in [4.69, 9.17) is 76.2 Å². The van der Waals surface area contributed by atoms with Gasteiger partial charge in [-0.2, -0.15) is 0 Å². The third-order valence-electron chi connectivity index (χ3n) is 10.1. The van der Waals surface area contributed by atoms with Gasteiger partial charge in [-0.1, -0.05) is 6.92 Å². The molecule has 0 bridgehead atoms. The molecule has 0 atom stereocenters. The van der Waals surface area contributed by atoms with Gasteiger partial charge in [-0.25, -0.2) is 0 Å². The number of esters is 1. The maximum absolute atomic E-state index is 11.9. The highest BCUT2D eigenvalue weighted by molar-refractivity contribution is 5.75. The Labute approximate surface area is 413 Å². The second kappa shape index (κ2) is 58.4. The van der Waals surface area contributed by atoms with E-state index in [-0.39, 0.29) is 12.6 Å². The first-order valence-electron chi connectivity index (χ1n) is 26.4. The Morgan fingerprint density at radius 3 is 0.574 bits per heavy atom. The molecule has 0 rings (SSSR count). The Morgan fingerprint density at radius 1 is 0.279 bits per heavy atom. The smallest absolute Gasteiger partial charge is 0.311 e. The molecule has 0 saturated carbocycles. The topological polar surface area (TPSA) is 176 Å². The Kier molecular flexibility index (Phi) is 57.5. The molecule has 0 aromatic heterocycles. The molecule has 0 fully saturated rings. The van der Waals surface area contributed by atoms with Crippen LogP contribution in [0.4, 0.5) is 0 Å². The number of carbonyl (C=O) groups is 1. The van der Waals surface area contributed by atoms with Gasteiger partial charge in [0.25, 0.3) is 0 Å². The molecular weight excluding hydrogens is 885 g/mol. The molecule has 17 nitrogen and oxygen atoms in total. The molecule has 408 valence electrons. The molecule has 0 aliphatic heterocycles. The van der Waals surface area contributed by atoms with E-state index in [2.05, 4.69) is 0 Å². The zero-order chi connectivity index (χ0) is 49.2. The van der Waals surface area contributed by atoms with Crippen LogP contribution < -0.4 is 0 Å². The van der Waals surface area contributed by atoms with E-state index in [1.54, 1.807) is 0 Å². The molecule has 17 heteroatoms. The summed E-state index contributed by atoms with van der Waals surface area (Å²) in [6.07, 6.45) is 13.6. The van der Waals surface area contributed by atoms with Gasteiger partial charge in [0.1, 0.15) is 0 Å². The number of hydrogen-bond acceptors (Lipinski definition) is 17. The summed E-state index contributed by atoms with van der Waals surface area (Å²) in [6, 6.07) is 0. The minimum absolute atomic E-state index is 0.144. The van der Waals surface area contributed by atoms with Gasteiger partial charge >= 0.3 is 5.97 Å². The number of carbonyl (C=O) groups excluding carboxylic acids is 1. The van der Waals surface area contributed by atoms with Crippen LogP contribution in [0.25, 0.3) is 0 Å². The predicted octanol–water partition coefficient (Wildman–Crippen LogP) is 7.04. The standard InChI is InChI=1S/C51H102O17/c1-4-51(2,3)50(53)68-49-19-48-67-47-18-46-66-45-17-44-65-43-16-42-64-41-15-40-63-39-14-38-62-37-13-36-61-35-12-34-60-33-11-32-59-31-10-30-58-29-9-28-57-27-8-26-56-25-7-24-55-23-6-22-54-21-5-20-52/h52H,4-49H2,1-3H3. The monoisotopic (exact) mass is 987 g/mol. The number of aliphatic hydroxyl groups is 1. The van der Waals surface area contributed by atoms with Gasteiger partial charge in [0.05, 0.1) is 12.0 Å². The van der Waals surface area contributed by atoms with Crippen LogP contribution in [0.3, 0.4) is 0 Å². The van der Waals surface area contributed by atoms with Gasteiger partial charge in [0.2, 0.25) is 0 Å². The van der Waals surface area contributed by atoms with E-state index in [0.29, 0.717) is 204 Å². The van der Waals surface area contributed by atoms with Crippen LogP contribution in [0.1, 0.15) is 124 Å². The number of rotatable bonds is 61. The lowest BCUT2D eigenvalue weighted by atomic mass is 9.91. The minimum atomic E-state index is -0.419. The lowest BCUT2D eigenvalue weighted by molar-refractivity contribution is -0.154. The zero-order valence-corrected chi connectivity index (χ0v) is 43.5. The maximum Gasteiger partial charge on any atom is 0.311 e. The molecule has 0 unspecified atom stereocenters. The Balaban J connectivity index is 3.10. The number of hydrogen-bond donors (Lipinski definition) is 1. The summed E-state index contributed by atoms with van der Waals surface area (Å²) >= 11 is 0. The van der Waals surface area contributed by atoms with Gasteiger partial charge in [0, 0.05) is 198 Å². The van der Waals surface area contributed by atoms with Crippen LogP contribution in [-0.2, 0) is 75.8 Å². The predicted molar refractivity (Wildman–Crippen MR) is 263 cm³/mol. The van der Waals surface area contributed by atoms with Crippen LogP contribution in [-0.4, -0.2) is 209 Å². The second-order valence-electron chi connectivity index (χ2n) is 17.0. The highest BCUT2D eigenvalue weighted by atomic mass is 16.5. The van der Waals surface area contributed by atoms with E-state index in [9.17, 15) is 4.79 Å². The lowest BCUT2D eigenvalue weighted by Crippen LogP contribution is -2.26. The van der Waals surface area contributed by atoms with E-state index >= 15 is 0 Å². The molecule has 0 saturated heterocycles. The van der Waals surface area contributed by atoms with Crippen molar-refractivity contribution >= 4 is 5.97 Å². The van der Waals surface area contributed by atoms with Crippen molar-refractivity contribution in [1.82, 2.24) is 0 Å². The van der Waals surface area contributed by atoms with Gasteiger partial charge < -0.3 is 76.2 Å². The summed E-state index contributed by atoms with van der Waals surface area (Å²) in [5.41, 5.74) is -0.419. The van der Waals surface area contributed by atoms with E-state index < -0.39 is 5.41 Å². The Hall–Kier alpha value is -1.13. The fourth-order valence-electron chi connectivity index (χ4n) is 5.68. The summed E-state index contributed by atoms with van der Waals surface area (Å²) < 4.78 is 84.2. The first-order valence-corrected chi connectivity index (χ1v) is 26.4. The Morgan fingerprint density at radius 2 is 0.426 bits per heavy atom. The average molecular weight is 987 g/mol. The third kappa shape index (κ3) is 55.8. The first kappa shape index (κ1) is 66.9. The molecule has 0 amide bonds. The van der Waals surface area contributed by atoms with Crippen LogP contribution in [0.5, 0.6) is 0 Å². The molecule has 0 spiro atoms. The van der Waals surface area contributed by atoms with Gasteiger partial charge in [-0.05, 0) is 110 Å². The molecule has 0 aromatic carbocycles. The fraction of sp³-hybridized carbons (Fsp3) is 0.980. The molecule has 68 heavy (non-hydrogen) atoms. The van der Waals surface area contributed by atoms with E-state index in [1.807, 2.05) is 20.8 Å². The second-order valence-corrected chi connectivity index (χ2v) is 17.0. The van der Waals surface area contributed by atoms with Crippen molar-refractivity contribution in [2.45, 2.75) is 124 Å². The fourth-order valence-corrected chi connectivity index (χ4v) is 5.68. The first-order chi connectivity index (χ1) is 33.5. The van der Waals surface area contributed by atoms with Crippen molar-refractivity contribution in [3.8, 4) is 0 Å². The zero-order valence-electron chi connectivity index (χ0n) is 43.5. The quantitative estimate of drug-likeness (QED) is 0.0485. The normalized spacial score (nSPS) is 11.9. The van der Waals surface area contributed by atoms with Crippen molar-refractivity contribution in [3.63, 3.8) is 0 Å². The average Bonchev–Trinajstić information content (AvgIpc) is 3.34. The van der Waals surface area contributed by atoms with E-state index in [0.717, 1.165) is 89.9 Å². The molecule has 0 radical (unpaired) electrons. The third-order valence-corrected chi connectivity index (χ3v) is 10.1. The summed E-state index contributed by atoms with van der Waals surface area (Å²) in [4.78, 5) is 11.9. The number of ether oxygens (including phenoxy) is 15. The highest BCUT2D eigenvalue weighted by Crippen LogP contribution is 2.21. The summed E-state index contributed by atoms with van der Waals surface area (Å²) in [6.45, 7) is 25.6. The van der Waals surface area contributed by atoms with Crippen molar-refractivity contribution in [2.24, 2.45) is 5.41 Å². The van der Waals surface area contributed by atoms with Gasteiger partial charge in [-0.3, -0.25) is 4.79 Å². The van der Waals surface area contributed by atoms with Crippen molar-refractivity contribution in [3.05, 3.63) is 0 Å². The lowest BCUT2D eigenvalue weighted by Gasteiger charge is -2.20. The van der Waals surface area contributed by atoms with Crippen LogP contribution in [0.2, 0.25) is 0 Å². The molecule has 0 heterocycles. The highest BCUT2D eigenvalue weighted by Gasteiger charge is 2.26. The summed E-state index contributed by atoms with van der Waals surface area (Å²) in [5.74, 6) is -0.144. The molecular formula is C51H102O17. The number of aliphatic hydroxyl groups excluding tert-OH is 1. The largest absolute Gasteiger partial charge is 0.465 e. The van der Waals surface area contributed by atoms with Crippen LogP contribution >= 0.6 is 0 Å². The maximum atomic E-state index is 11.9. The molecule has 0 aromatic rings. The van der Waals surface area contributed by atoms with Crippen molar-refractivity contribution in [1.29, 1.82) is 0 Å². The molecule has 0 aliphatic carbocycles. The van der Waals surface area contributed by atoms with Crippen molar-refractivity contribution in [2.75, 3.05) is 198 Å². The van der Waals surface area contributed by atoms with E-state index in [1.165, 1.54) is 0 Å². The molecule has 0 aliphatic rings. The van der Waals surface area contributed by atoms with Crippen LogP contribution in [0, 0.1) is 5.41 Å². The summed E-state index contributed by atoms with van der Waals surface area (Å²) in [5, 5.41) is 8.69. The van der Waals surface area contributed by atoms with Crippen molar-refractivity contribution < 1.29 is 81.0 Å². The minimum Gasteiger partial charge on any atom is -0.465 e. The SMILES string of the molecule is CCC(C)(C)C(=O)OCCCOCCCOCCCOCCCOCCCOCCCOCCCOCCCOCCCOCCCOCCCOCCCOCCCOCCCOCCCO. The Bertz CT molecular complexity index is 951.